The Morgan fingerprint density at radius 2 is 1.88 bits per heavy atom. The van der Waals surface area contributed by atoms with Crippen LogP contribution in [0.15, 0.2) is 46.4 Å². The Labute approximate surface area is 153 Å². The van der Waals surface area contributed by atoms with Crippen LogP contribution in [0.25, 0.3) is 0 Å². The number of sulfonamides is 1. The third-order valence-electron chi connectivity index (χ3n) is 3.18. The maximum Gasteiger partial charge on any atom is 0.295 e. The van der Waals surface area contributed by atoms with Crippen molar-refractivity contribution in [3.63, 3.8) is 0 Å². The average molecular weight is 403 g/mol. The zero-order valence-corrected chi connectivity index (χ0v) is 15.1. The summed E-state index contributed by atoms with van der Waals surface area (Å²) in [4.78, 5) is 10.0. The van der Waals surface area contributed by atoms with Gasteiger partial charge in [-0.15, -0.1) is 0 Å². The van der Waals surface area contributed by atoms with Crippen LogP contribution in [0.5, 0.6) is 0 Å². The number of nitrogens with one attached hydrogen (secondary N) is 1. The lowest BCUT2D eigenvalue weighted by Gasteiger charge is -2.07. The minimum absolute atomic E-state index is 0.0109. The van der Waals surface area contributed by atoms with Crippen molar-refractivity contribution in [1.29, 1.82) is 0 Å². The molecule has 0 atom stereocenters. The first-order chi connectivity index (χ1) is 11.6. The molecule has 0 unspecified atom stereocenters. The molecule has 0 radical (unpaired) electrons. The lowest BCUT2D eigenvalue weighted by Crippen LogP contribution is -2.12. The number of nitro groups is 1. The Kier molecular flexibility index (Phi) is 5.63. The summed E-state index contributed by atoms with van der Waals surface area (Å²) in [5.41, 5.74) is 3.22. The second-order valence-electron chi connectivity index (χ2n) is 4.92. The molecule has 11 heteroatoms. The van der Waals surface area contributed by atoms with Gasteiger partial charge in [0.2, 0.25) is 10.0 Å². The Balaban J connectivity index is 2.36. The smallest absolute Gasteiger partial charge is 0.271 e. The van der Waals surface area contributed by atoms with Gasteiger partial charge >= 0.3 is 0 Å². The van der Waals surface area contributed by atoms with Crippen LogP contribution in [-0.4, -0.2) is 19.1 Å². The summed E-state index contributed by atoms with van der Waals surface area (Å²) in [6, 6.07) is 8.11. The Bertz CT molecular complexity index is 977. The molecule has 0 bridgehead atoms. The Morgan fingerprint density at radius 3 is 2.44 bits per heavy atom. The number of hydrogen-bond acceptors (Lipinski definition) is 6. The van der Waals surface area contributed by atoms with Crippen LogP contribution in [0, 0.1) is 10.1 Å². The molecule has 2 aromatic carbocycles. The van der Waals surface area contributed by atoms with Crippen LogP contribution >= 0.6 is 23.2 Å². The maximum atomic E-state index is 11.3. The zero-order valence-electron chi connectivity index (χ0n) is 12.7. The first kappa shape index (κ1) is 19.1. The first-order valence-corrected chi connectivity index (χ1v) is 8.97. The molecule has 132 valence electrons. The first-order valence-electron chi connectivity index (χ1n) is 6.66. The third kappa shape index (κ3) is 4.67. The summed E-state index contributed by atoms with van der Waals surface area (Å²) in [5.74, 6) is 0. The van der Waals surface area contributed by atoms with E-state index in [1.54, 1.807) is 25.1 Å². The molecule has 25 heavy (non-hydrogen) atoms. The van der Waals surface area contributed by atoms with Gasteiger partial charge in [-0.2, -0.15) is 5.10 Å². The Hall–Kier alpha value is -2.20. The number of anilines is 1. The number of nitrogens with zero attached hydrogens (tertiary/aromatic N) is 2. The number of nitro benzene ring substituents is 1. The van der Waals surface area contributed by atoms with Gasteiger partial charge in [-0.3, -0.25) is 15.5 Å². The van der Waals surface area contributed by atoms with E-state index in [2.05, 4.69) is 10.5 Å². The maximum absolute atomic E-state index is 11.3. The molecule has 0 fully saturated rings. The number of hydrogen-bond donors (Lipinski definition) is 2. The molecule has 0 aliphatic rings. The highest BCUT2D eigenvalue weighted by Gasteiger charge is 2.19. The number of benzene rings is 2. The van der Waals surface area contributed by atoms with Crippen molar-refractivity contribution in [3.05, 3.63) is 62.1 Å². The van der Waals surface area contributed by atoms with E-state index in [4.69, 9.17) is 28.3 Å². The van der Waals surface area contributed by atoms with Crippen LogP contribution in [-0.2, 0) is 10.0 Å². The van der Waals surface area contributed by atoms with Gasteiger partial charge in [0.05, 0.1) is 25.6 Å². The van der Waals surface area contributed by atoms with Crippen molar-refractivity contribution in [2.75, 3.05) is 5.43 Å². The number of hydrazone groups is 1. The van der Waals surface area contributed by atoms with Gasteiger partial charge in [0, 0.05) is 6.07 Å². The molecule has 8 nitrogen and oxygen atoms in total. The fraction of sp³-hybridized carbons (Fsp3) is 0.0714. The molecule has 3 N–H and O–H groups in total. The molecule has 0 aliphatic carbocycles. The molecular formula is C14H12Cl2N4O4S. The lowest BCUT2D eigenvalue weighted by molar-refractivity contribution is -0.384. The number of nitrogens with two attached hydrogens (primary N) is 1. The average Bonchev–Trinajstić information content (AvgIpc) is 2.54. The van der Waals surface area contributed by atoms with Gasteiger partial charge in [0.25, 0.3) is 5.69 Å². The number of rotatable bonds is 5. The summed E-state index contributed by atoms with van der Waals surface area (Å²) in [5, 5.41) is 20.9. The van der Waals surface area contributed by atoms with E-state index >= 15 is 0 Å². The van der Waals surface area contributed by atoms with Crippen LogP contribution in [0.1, 0.15) is 12.5 Å². The zero-order chi connectivity index (χ0) is 18.8. The van der Waals surface area contributed by atoms with Crippen molar-refractivity contribution in [2.45, 2.75) is 11.8 Å². The Morgan fingerprint density at radius 1 is 1.20 bits per heavy atom. The van der Waals surface area contributed by atoms with E-state index in [0.29, 0.717) is 21.3 Å². The van der Waals surface area contributed by atoms with E-state index in [1.165, 1.54) is 6.07 Å². The van der Waals surface area contributed by atoms with E-state index in [9.17, 15) is 18.5 Å². The van der Waals surface area contributed by atoms with E-state index in [1.807, 2.05) is 0 Å². The SMILES string of the molecule is C/C(=N\Nc1ccc(S(N)(=O)=O)cc1[N+](=O)[O-])c1ccc(Cl)c(Cl)c1. The van der Waals surface area contributed by atoms with Gasteiger partial charge < -0.3 is 0 Å². The second-order valence-corrected chi connectivity index (χ2v) is 7.29. The van der Waals surface area contributed by atoms with Crippen LogP contribution < -0.4 is 10.6 Å². The van der Waals surface area contributed by atoms with Crippen LogP contribution in [0.4, 0.5) is 11.4 Å². The van der Waals surface area contributed by atoms with Crippen molar-refractivity contribution in [1.82, 2.24) is 0 Å². The molecule has 0 heterocycles. The van der Waals surface area contributed by atoms with Gasteiger partial charge in [-0.05, 0) is 36.8 Å². The quantitative estimate of drug-likeness (QED) is 0.449. The van der Waals surface area contributed by atoms with E-state index in [0.717, 1.165) is 12.1 Å². The minimum atomic E-state index is -4.05. The summed E-state index contributed by atoms with van der Waals surface area (Å²) in [7, 11) is -4.05. The van der Waals surface area contributed by atoms with Crippen molar-refractivity contribution in [2.24, 2.45) is 10.2 Å². The molecular weight excluding hydrogens is 391 g/mol. The van der Waals surface area contributed by atoms with E-state index in [-0.39, 0.29) is 10.6 Å². The van der Waals surface area contributed by atoms with Gasteiger partial charge in [0.15, 0.2) is 0 Å². The number of halogens is 2. The molecule has 0 spiro atoms. The molecule has 2 aromatic rings. The van der Waals surface area contributed by atoms with Crippen molar-refractivity contribution in [3.8, 4) is 0 Å². The van der Waals surface area contributed by atoms with Gasteiger partial charge in [-0.1, -0.05) is 29.3 Å². The topological polar surface area (TPSA) is 128 Å². The monoisotopic (exact) mass is 402 g/mol. The summed E-state index contributed by atoms with van der Waals surface area (Å²) < 4.78 is 22.6. The molecule has 0 saturated heterocycles. The molecule has 2 rings (SSSR count). The predicted octanol–water partition coefficient (Wildman–Crippen LogP) is 3.39. The highest BCUT2D eigenvalue weighted by molar-refractivity contribution is 7.89. The summed E-state index contributed by atoms with van der Waals surface area (Å²) in [6.07, 6.45) is 0. The molecule has 0 saturated carbocycles. The molecule has 0 aliphatic heterocycles. The largest absolute Gasteiger partial charge is 0.295 e. The van der Waals surface area contributed by atoms with E-state index < -0.39 is 20.6 Å². The van der Waals surface area contributed by atoms with Gasteiger partial charge in [0.1, 0.15) is 5.69 Å². The summed E-state index contributed by atoms with van der Waals surface area (Å²) in [6.45, 7) is 1.66. The predicted molar refractivity (Wildman–Crippen MR) is 96.8 cm³/mol. The molecule has 0 amide bonds. The molecule has 0 aromatic heterocycles. The fourth-order valence-corrected chi connectivity index (χ4v) is 2.70. The van der Waals surface area contributed by atoms with Crippen LogP contribution in [0.3, 0.4) is 0 Å². The van der Waals surface area contributed by atoms with Crippen LogP contribution in [0.2, 0.25) is 10.0 Å². The third-order valence-corrected chi connectivity index (χ3v) is 4.83. The summed E-state index contributed by atoms with van der Waals surface area (Å²) >= 11 is 11.8. The van der Waals surface area contributed by atoms with Gasteiger partial charge in [-0.25, -0.2) is 13.6 Å². The number of primary sulfonamides is 1. The highest BCUT2D eigenvalue weighted by Crippen LogP contribution is 2.27. The van der Waals surface area contributed by atoms with Crippen molar-refractivity contribution < 1.29 is 13.3 Å². The van der Waals surface area contributed by atoms with Crippen molar-refractivity contribution >= 4 is 50.3 Å². The minimum Gasteiger partial charge on any atom is -0.271 e. The second kappa shape index (κ2) is 7.36. The lowest BCUT2D eigenvalue weighted by atomic mass is 10.1. The standard InChI is InChI=1S/C14H12Cl2N4O4S/c1-8(9-2-4-11(15)12(16)6-9)18-19-13-5-3-10(25(17,23)24)7-14(13)20(21)22/h2-7,19H,1H3,(H2,17,23,24)/b18-8+. The fourth-order valence-electron chi connectivity index (χ4n) is 1.86. The normalized spacial score (nSPS) is 12.1. The highest BCUT2D eigenvalue weighted by atomic mass is 35.5.